The lowest BCUT2D eigenvalue weighted by molar-refractivity contribution is 0.767. The summed E-state index contributed by atoms with van der Waals surface area (Å²) in [6.45, 7) is 2.03. The van der Waals surface area contributed by atoms with Gasteiger partial charge in [0.2, 0.25) is 5.65 Å². The molecule has 5 rings (SSSR count). The van der Waals surface area contributed by atoms with Crippen LogP contribution in [0.3, 0.4) is 0 Å². The van der Waals surface area contributed by atoms with Crippen molar-refractivity contribution >= 4 is 17.1 Å². The molecule has 4 aromatic heterocycles. The van der Waals surface area contributed by atoms with Gasteiger partial charge in [0.15, 0.2) is 17.3 Å². The van der Waals surface area contributed by atoms with Gasteiger partial charge in [-0.15, -0.1) is 20.4 Å². The molecule has 4 aromatic rings. The molecule has 0 aliphatic heterocycles. The van der Waals surface area contributed by atoms with Gasteiger partial charge in [0.25, 0.3) is 0 Å². The lowest BCUT2D eigenvalue weighted by Crippen LogP contribution is -2.12. The number of fused-ring (bicyclic) bond motifs is 2. The van der Waals surface area contributed by atoms with Gasteiger partial charge in [-0.2, -0.15) is 0 Å². The molecular weight excluding hydrogens is 304 g/mol. The molecule has 0 amide bonds. The molecule has 0 aromatic carbocycles. The van der Waals surface area contributed by atoms with E-state index in [0.29, 0.717) is 11.7 Å². The highest BCUT2D eigenvalue weighted by molar-refractivity contribution is 5.62. The predicted molar refractivity (Wildman–Crippen MR) is 87.8 cm³/mol. The second-order valence-electron chi connectivity index (χ2n) is 6.15. The van der Waals surface area contributed by atoms with Gasteiger partial charge in [-0.3, -0.25) is 8.80 Å². The van der Waals surface area contributed by atoms with E-state index in [1.165, 1.54) is 12.8 Å². The molecule has 1 N–H and O–H groups in total. The normalized spacial score (nSPS) is 15.9. The minimum absolute atomic E-state index is 0.0674. The zero-order valence-electron chi connectivity index (χ0n) is 13.2. The monoisotopic (exact) mass is 320 g/mol. The molecule has 24 heavy (non-hydrogen) atoms. The third-order valence-corrected chi connectivity index (χ3v) is 4.38. The Morgan fingerprint density at radius 1 is 1.08 bits per heavy atom. The van der Waals surface area contributed by atoms with E-state index in [0.717, 1.165) is 22.9 Å². The Bertz CT molecular complexity index is 1030. The maximum absolute atomic E-state index is 4.44. The minimum atomic E-state index is -0.0674. The van der Waals surface area contributed by atoms with Gasteiger partial charge in [-0.25, -0.2) is 4.98 Å². The number of aromatic nitrogens is 7. The molecule has 1 aliphatic carbocycles. The van der Waals surface area contributed by atoms with Crippen LogP contribution in [0, 0.1) is 0 Å². The van der Waals surface area contributed by atoms with Crippen molar-refractivity contribution in [3.63, 3.8) is 0 Å². The quantitative estimate of drug-likeness (QED) is 0.620. The largest absolute Gasteiger partial charge is 0.357 e. The van der Waals surface area contributed by atoms with Crippen LogP contribution in [-0.2, 0) is 0 Å². The summed E-state index contributed by atoms with van der Waals surface area (Å²) in [5.41, 5.74) is 1.57. The highest BCUT2D eigenvalue weighted by Crippen LogP contribution is 2.39. The third kappa shape index (κ3) is 2.03. The van der Waals surface area contributed by atoms with Crippen molar-refractivity contribution in [1.29, 1.82) is 0 Å². The first-order chi connectivity index (χ1) is 11.8. The Kier molecular flexibility index (Phi) is 2.79. The van der Waals surface area contributed by atoms with Crippen molar-refractivity contribution in [1.82, 2.24) is 34.2 Å². The molecule has 1 fully saturated rings. The molecule has 1 atom stereocenters. The molecule has 1 unspecified atom stereocenters. The molecule has 0 spiro atoms. The van der Waals surface area contributed by atoms with Gasteiger partial charge in [-0.05, 0) is 31.9 Å². The summed E-state index contributed by atoms with van der Waals surface area (Å²) < 4.78 is 4.00. The third-order valence-electron chi connectivity index (χ3n) is 4.38. The Hall–Kier alpha value is -3.03. The minimum Gasteiger partial charge on any atom is -0.357 e. The standard InChI is InChI=1S/C16H16N8/c1-10(14-20-19-12-4-2-3-8-23(12)14)18-13-16-22-21-15(11-5-6-11)24(16)9-7-17-13/h2-4,7-11H,5-6H2,1H3,(H,17,18). The fourth-order valence-corrected chi connectivity index (χ4v) is 2.99. The zero-order chi connectivity index (χ0) is 16.1. The van der Waals surface area contributed by atoms with Gasteiger partial charge in [0.1, 0.15) is 5.82 Å². The molecule has 120 valence electrons. The van der Waals surface area contributed by atoms with Gasteiger partial charge in [0.05, 0.1) is 6.04 Å². The summed E-state index contributed by atoms with van der Waals surface area (Å²) in [5.74, 6) is 3.09. The molecule has 4 heterocycles. The van der Waals surface area contributed by atoms with E-state index in [1.807, 2.05) is 46.3 Å². The topological polar surface area (TPSA) is 85.3 Å². The lowest BCUT2D eigenvalue weighted by Gasteiger charge is -2.13. The molecule has 8 heteroatoms. The average molecular weight is 320 g/mol. The fraction of sp³-hybridized carbons (Fsp3) is 0.312. The van der Waals surface area contributed by atoms with Crippen molar-refractivity contribution in [2.75, 3.05) is 5.32 Å². The first kappa shape index (κ1) is 13.4. The summed E-state index contributed by atoms with van der Waals surface area (Å²) in [6.07, 6.45) is 8.03. The summed E-state index contributed by atoms with van der Waals surface area (Å²) in [7, 11) is 0. The number of rotatable bonds is 4. The van der Waals surface area contributed by atoms with E-state index >= 15 is 0 Å². The Morgan fingerprint density at radius 2 is 2.00 bits per heavy atom. The number of hydrogen-bond donors (Lipinski definition) is 1. The predicted octanol–water partition coefficient (Wildman–Crippen LogP) is 2.22. The van der Waals surface area contributed by atoms with Crippen LogP contribution in [0.1, 0.15) is 43.4 Å². The van der Waals surface area contributed by atoms with E-state index < -0.39 is 0 Å². The highest BCUT2D eigenvalue weighted by atomic mass is 15.3. The van der Waals surface area contributed by atoms with Crippen LogP contribution in [0.15, 0.2) is 36.8 Å². The lowest BCUT2D eigenvalue weighted by atomic mass is 10.3. The summed E-state index contributed by atoms with van der Waals surface area (Å²) >= 11 is 0. The SMILES string of the molecule is CC(Nc1nccn2c(C3CC3)nnc12)c1nnc2ccccn12. The van der Waals surface area contributed by atoms with Gasteiger partial charge in [0, 0.05) is 24.5 Å². The first-order valence-corrected chi connectivity index (χ1v) is 8.07. The molecule has 1 saturated carbocycles. The van der Waals surface area contributed by atoms with Crippen molar-refractivity contribution in [3.05, 3.63) is 48.4 Å². The molecule has 0 radical (unpaired) electrons. The van der Waals surface area contributed by atoms with E-state index in [2.05, 4.69) is 30.7 Å². The first-order valence-electron chi connectivity index (χ1n) is 8.07. The Morgan fingerprint density at radius 3 is 2.88 bits per heavy atom. The van der Waals surface area contributed by atoms with Crippen LogP contribution in [-0.4, -0.2) is 34.2 Å². The van der Waals surface area contributed by atoms with Crippen LogP contribution in [0.4, 0.5) is 5.82 Å². The maximum Gasteiger partial charge on any atom is 0.203 e. The molecule has 1 aliphatic rings. The number of anilines is 1. The molecule has 0 saturated heterocycles. The summed E-state index contributed by atoms with van der Waals surface area (Å²) in [5, 5.41) is 20.5. The van der Waals surface area contributed by atoms with Gasteiger partial charge >= 0.3 is 0 Å². The van der Waals surface area contributed by atoms with Gasteiger partial charge in [-0.1, -0.05) is 6.07 Å². The van der Waals surface area contributed by atoms with Gasteiger partial charge < -0.3 is 5.32 Å². The van der Waals surface area contributed by atoms with Crippen LogP contribution in [0.25, 0.3) is 11.3 Å². The van der Waals surface area contributed by atoms with Crippen LogP contribution in [0.2, 0.25) is 0 Å². The van der Waals surface area contributed by atoms with E-state index in [4.69, 9.17) is 0 Å². The second-order valence-corrected chi connectivity index (χ2v) is 6.15. The number of nitrogens with one attached hydrogen (secondary N) is 1. The zero-order valence-corrected chi connectivity index (χ0v) is 13.2. The number of nitrogens with zero attached hydrogens (tertiary/aromatic N) is 7. The van der Waals surface area contributed by atoms with Crippen LogP contribution in [0.5, 0.6) is 0 Å². The average Bonchev–Trinajstić information content (AvgIpc) is 3.20. The number of pyridine rings is 1. The second kappa shape index (κ2) is 4.98. The van der Waals surface area contributed by atoms with Crippen molar-refractivity contribution in [2.45, 2.75) is 31.7 Å². The Balaban J connectivity index is 1.52. The van der Waals surface area contributed by atoms with Crippen molar-refractivity contribution in [3.8, 4) is 0 Å². The summed E-state index contributed by atoms with van der Waals surface area (Å²) in [4.78, 5) is 4.44. The molecular formula is C16H16N8. The Labute approximate surface area is 137 Å². The van der Waals surface area contributed by atoms with E-state index in [9.17, 15) is 0 Å². The smallest absolute Gasteiger partial charge is 0.203 e. The number of hydrogen-bond acceptors (Lipinski definition) is 6. The summed E-state index contributed by atoms with van der Waals surface area (Å²) in [6, 6.07) is 5.78. The fourth-order valence-electron chi connectivity index (χ4n) is 2.99. The van der Waals surface area contributed by atoms with Crippen molar-refractivity contribution in [2.24, 2.45) is 0 Å². The van der Waals surface area contributed by atoms with Crippen molar-refractivity contribution < 1.29 is 0 Å². The molecule has 0 bridgehead atoms. The molecule has 8 nitrogen and oxygen atoms in total. The van der Waals surface area contributed by atoms with E-state index in [1.54, 1.807) is 6.20 Å². The van der Waals surface area contributed by atoms with Crippen LogP contribution < -0.4 is 5.32 Å². The van der Waals surface area contributed by atoms with E-state index in [-0.39, 0.29) is 6.04 Å². The highest BCUT2D eigenvalue weighted by Gasteiger charge is 2.29. The van der Waals surface area contributed by atoms with Crippen LogP contribution >= 0.6 is 0 Å². The maximum atomic E-state index is 4.44.